The van der Waals surface area contributed by atoms with Gasteiger partial charge >= 0.3 is 0 Å². The van der Waals surface area contributed by atoms with Gasteiger partial charge in [-0.2, -0.15) is 0 Å². The lowest BCUT2D eigenvalue weighted by atomic mass is 9.98. The lowest BCUT2D eigenvalue weighted by Gasteiger charge is -2.21. The molecular formula is C11H19BrO. The van der Waals surface area contributed by atoms with Crippen molar-refractivity contribution in [1.82, 2.24) is 0 Å². The minimum Gasteiger partial charge on any atom is -0.372 e. The van der Waals surface area contributed by atoms with Crippen molar-refractivity contribution in [2.75, 3.05) is 5.33 Å². The summed E-state index contributed by atoms with van der Waals surface area (Å²) in [6, 6.07) is 0. The van der Waals surface area contributed by atoms with E-state index in [1.165, 1.54) is 37.4 Å². The van der Waals surface area contributed by atoms with Crippen LogP contribution in [0.3, 0.4) is 0 Å². The predicted octanol–water partition coefficient (Wildman–Crippen LogP) is 3.51. The van der Waals surface area contributed by atoms with Crippen LogP contribution in [0.1, 0.15) is 46.0 Å². The smallest absolute Gasteiger partial charge is 0.0631 e. The average Bonchev–Trinajstić information content (AvgIpc) is 2.74. The Morgan fingerprint density at radius 2 is 2.00 bits per heavy atom. The van der Waals surface area contributed by atoms with E-state index in [9.17, 15) is 0 Å². The second-order valence-electron chi connectivity index (χ2n) is 5.38. The largest absolute Gasteiger partial charge is 0.372 e. The fourth-order valence-electron chi connectivity index (χ4n) is 2.27. The summed E-state index contributed by atoms with van der Waals surface area (Å²) in [6.07, 6.45) is 7.12. The van der Waals surface area contributed by atoms with Gasteiger partial charge in [0.1, 0.15) is 0 Å². The van der Waals surface area contributed by atoms with Gasteiger partial charge in [0.15, 0.2) is 0 Å². The van der Waals surface area contributed by atoms with Crippen LogP contribution in [-0.2, 0) is 4.74 Å². The average molecular weight is 247 g/mol. The molecule has 2 fully saturated rings. The van der Waals surface area contributed by atoms with Crippen LogP contribution in [0.25, 0.3) is 0 Å². The third-order valence-corrected chi connectivity index (χ3v) is 4.64. The van der Waals surface area contributed by atoms with Crippen LogP contribution in [0.2, 0.25) is 0 Å². The standard InChI is InChI=1S/C11H19BrO/c1-10(2)4-3-9(13-10)7-11(8-12)5-6-11/h9H,3-8H2,1-2H3. The molecule has 1 saturated heterocycles. The summed E-state index contributed by atoms with van der Waals surface area (Å²) < 4.78 is 6.01. The van der Waals surface area contributed by atoms with Gasteiger partial charge in [-0.1, -0.05) is 15.9 Å². The summed E-state index contributed by atoms with van der Waals surface area (Å²) in [6.45, 7) is 4.42. The zero-order valence-corrected chi connectivity index (χ0v) is 10.2. The minimum absolute atomic E-state index is 0.146. The number of hydrogen-bond donors (Lipinski definition) is 0. The summed E-state index contributed by atoms with van der Waals surface area (Å²) >= 11 is 3.61. The van der Waals surface area contributed by atoms with E-state index in [2.05, 4.69) is 29.8 Å². The molecule has 0 radical (unpaired) electrons. The van der Waals surface area contributed by atoms with Crippen molar-refractivity contribution in [2.24, 2.45) is 5.41 Å². The summed E-state index contributed by atoms with van der Waals surface area (Å²) in [7, 11) is 0. The van der Waals surface area contributed by atoms with Crippen LogP contribution < -0.4 is 0 Å². The van der Waals surface area contributed by atoms with Gasteiger partial charge in [0.25, 0.3) is 0 Å². The van der Waals surface area contributed by atoms with Crippen LogP contribution in [0.15, 0.2) is 0 Å². The van der Waals surface area contributed by atoms with Crippen molar-refractivity contribution in [1.29, 1.82) is 0 Å². The summed E-state index contributed by atoms with van der Waals surface area (Å²) in [4.78, 5) is 0. The minimum atomic E-state index is 0.146. The molecule has 1 nitrogen and oxygen atoms in total. The Morgan fingerprint density at radius 3 is 2.38 bits per heavy atom. The second kappa shape index (κ2) is 3.23. The van der Waals surface area contributed by atoms with Crippen LogP contribution in [-0.4, -0.2) is 17.0 Å². The highest BCUT2D eigenvalue weighted by molar-refractivity contribution is 9.09. The van der Waals surface area contributed by atoms with Crippen LogP contribution in [0, 0.1) is 5.41 Å². The highest BCUT2D eigenvalue weighted by Gasteiger charge is 2.45. The maximum absolute atomic E-state index is 6.01. The maximum Gasteiger partial charge on any atom is 0.0631 e. The van der Waals surface area contributed by atoms with Crippen molar-refractivity contribution in [3.05, 3.63) is 0 Å². The zero-order chi connectivity index (χ0) is 9.53. The Kier molecular flexibility index (Phi) is 2.48. The molecule has 0 aromatic rings. The van der Waals surface area contributed by atoms with E-state index >= 15 is 0 Å². The predicted molar refractivity (Wildman–Crippen MR) is 58.3 cm³/mol. The number of rotatable bonds is 3. The maximum atomic E-state index is 6.01. The third kappa shape index (κ3) is 2.27. The fourth-order valence-corrected chi connectivity index (χ4v) is 3.06. The Morgan fingerprint density at radius 1 is 1.31 bits per heavy atom. The normalized spacial score (nSPS) is 34.8. The van der Waals surface area contributed by atoms with E-state index in [0.29, 0.717) is 11.5 Å². The van der Waals surface area contributed by atoms with Gasteiger partial charge < -0.3 is 4.74 Å². The molecule has 2 rings (SSSR count). The van der Waals surface area contributed by atoms with E-state index in [-0.39, 0.29) is 5.60 Å². The molecule has 1 aliphatic heterocycles. The molecule has 1 unspecified atom stereocenters. The summed E-state index contributed by atoms with van der Waals surface area (Å²) in [5.41, 5.74) is 0.762. The molecule has 76 valence electrons. The lowest BCUT2D eigenvalue weighted by Crippen LogP contribution is -2.22. The monoisotopic (exact) mass is 246 g/mol. The Balaban J connectivity index is 1.84. The first-order chi connectivity index (χ1) is 6.05. The molecular weight excluding hydrogens is 228 g/mol. The van der Waals surface area contributed by atoms with Crippen molar-refractivity contribution in [3.63, 3.8) is 0 Å². The van der Waals surface area contributed by atoms with E-state index in [4.69, 9.17) is 4.74 Å². The van der Waals surface area contributed by atoms with Gasteiger partial charge in [-0.3, -0.25) is 0 Å². The van der Waals surface area contributed by atoms with Gasteiger partial charge in [-0.15, -0.1) is 0 Å². The SMILES string of the molecule is CC1(C)CCC(CC2(CBr)CC2)O1. The topological polar surface area (TPSA) is 9.23 Å². The molecule has 0 bridgehead atoms. The summed E-state index contributed by atoms with van der Waals surface area (Å²) in [5, 5.41) is 1.17. The van der Waals surface area contributed by atoms with Crippen molar-refractivity contribution < 1.29 is 4.74 Å². The van der Waals surface area contributed by atoms with Crippen molar-refractivity contribution in [3.8, 4) is 0 Å². The van der Waals surface area contributed by atoms with E-state index in [1.807, 2.05) is 0 Å². The van der Waals surface area contributed by atoms with Crippen LogP contribution >= 0.6 is 15.9 Å². The van der Waals surface area contributed by atoms with E-state index < -0.39 is 0 Å². The zero-order valence-electron chi connectivity index (χ0n) is 8.61. The first kappa shape index (κ1) is 9.97. The Bertz CT molecular complexity index is 196. The van der Waals surface area contributed by atoms with Gasteiger partial charge in [0.2, 0.25) is 0 Å². The van der Waals surface area contributed by atoms with E-state index in [0.717, 1.165) is 0 Å². The van der Waals surface area contributed by atoms with Crippen molar-refractivity contribution >= 4 is 15.9 Å². The third-order valence-electron chi connectivity index (χ3n) is 3.46. The Hall–Kier alpha value is 0.440. The number of hydrogen-bond acceptors (Lipinski definition) is 1. The molecule has 1 saturated carbocycles. The molecule has 0 spiro atoms. The molecule has 2 aliphatic rings. The summed E-state index contributed by atoms with van der Waals surface area (Å²) in [5.74, 6) is 0. The molecule has 1 heterocycles. The fraction of sp³-hybridized carbons (Fsp3) is 1.00. The first-order valence-corrected chi connectivity index (χ1v) is 6.41. The first-order valence-electron chi connectivity index (χ1n) is 5.29. The number of ether oxygens (including phenoxy) is 1. The highest BCUT2D eigenvalue weighted by atomic mass is 79.9. The molecule has 0 amide bonds. The van der Waals surface area contributed by atoms with Crippen LogP contribution in [0.5, 0.6) is 0 Å². The molecule has 2 heteroatoms. The van der Waals surface area contributed by atoms with Gasteiger partial charge in [0.05, 0.1) is 11.7 Å². The molecule has 13 heavy (non-hydrogen) atoms. The number of alkyl halides is 1. The lowest BCUT2D eigenvalue weighted by molar-refractivity contribution is -0.0249. The highest BCUT2D eigenvalue weighted by Crippen LogP contribution is 2.52. The Labute approximate surface area is 89.4 Å². The van der Waals surface area contributed by atoms with E-state index in [1.54, 1.807) is 0 Å². The van der Waals surface area contributed by atoms with Gasteiger partial charge in [-0.25, -0.2) is 0 Å². The van der Waals surface area contributed by atoms with Gasteiger partial charge in [0, 0.05) is 5.33 Å². The number of halogens is 1. The van der Waals surface area contributed by atoms with Crippen molar-refractivity contribution in [2.45, 2.75) is 57.7 Å². The molecule has 0 aromatic heterocycles. The van der Waals surface area contributed by atoms with Gasteiger partial charge in [-0.05, 0) is 51.4 Å². The molecule has 1 atom stereocenters. The van der Waals surface area contributed by atoms with Crippen LogP contribution in [0.4, 0.5) is 0 Å². The molecule has 1 aliphatic carbocycles. The quantitative estimate of drug-likeness (QED) is 0.693. The second-order valence-corrected chi connectivity index (χ2v) is 5.94. The molecule has 0 aromatic carbocycles. The molecule has 0 N–H and O–H groups in total.